The molecule has 2 N–H and O–H groups in total. The van der Waals surface area contributed by atoms with E-state index in [1.54, 1.807) is 19.6 Å². The van der Waals surface area contributed by atoms with Gasteiger partial charge in [0.25, 0.3) is 0 Å². The Morgan fingerprint density at radius 1 is 1.37 bits per heavy atom. The van der Waals surface area contributed by atoms with Gasteiger partial charge in [-0.05, 0) is 13.3 Å². The standard InChI is InChI=1S/C13H24O5Si/c1-7-8-10(14)13(17,19(4,5)6)12(16)18-11(15)9(2)3/h10,14,17H,2,7-8H2,1,3-6H3. The predicted octanol–water partition coefficient (Wildman–Crippen LogP) is 1.40. The predicted molar refractivity (Wildman–Crippen MR) is 75.1 cm³/mol. The minimum atomic E-state index is -2.53. The average molecular weight is 288 g/mol. The maximum atomic E-state index is 12.1. The second-order valence-electron chi connectivity index (χ2n) is 5.78. The quantitative estimate of drug-likeness (QED) is 0.334. The number of rotatable bonds is 6. The topological polar surface area (TPSA) is 83.8 Å². The molecule has 2 atom stereocenters. The molecule has 6 heteroatoms. The second kappa shape index (κ2) is 6.45. The normalized spacial score (nSPS) is 16.4. The van der Waals surface area contributed by atoms with E-state index in [0.717, 1.165) is 0 Å². The van der Waals surface area contributed by atoms with Gasteiger partial charge >= 0.3 is 11.9 Å². The van der Waals surface area contributed by atoms with Crippen LogP contribution in [-0.2, 0) is 14.3 Å². The van der Waals surface area contributed by atoms with Gasteiger partial charge in [-0.3, -0.25) is 0 Å². The first-order chi connectivity index (χ1) is 8.48. The van der Waals surface area contributed by atoms with Crippen LogP contribution >= 0.6 is 0 Å². The van der Waals surface area contributed by atoms with Gasteiger partial charge < -0.3 is 14.9 Å². The van der Waals surface area contributed by atoms with E-state index >= 15 is 0 Å². The first-order valence-corrected chi connectivity index (χ1v) is 9.81. The molecular formula is C13H24O5Si. The Kier molecular flexibility index (Phi) is 6.12. The molecule has 110 valence electrons. The SMILES string of the molecule is C=C(C)C(=O)OC(=O)C(O)(C(O)CCC)[Si](C)(C)C. The van der Waals surface area contributed by atoms with Gasteiger partial charge in [0.05, 0.1) is 6.10 Å². The van der Waals surface area contributed by atoms with Gasteiger partial charge in [-0.15, -0.1) is 0 Å². The lowest BCUT2D eigenvalue weighted by molar-refractivity contribution is -0.173. The molecule has 0 saturated carbocycles. The van der Waals surface area contributed by atoms with Crippen LogP contribution in [0.25, 0.3) is 0 Å². The monoisotopic (exact) mass is 288 g/mol. The largest absolute Gasteiger partial charge is 0.390 e. The van der Waals surface area contributed by atoms with Crippen molar-refractivity contribution in [3.63, 3.8) is 0 Å². The van der Waals surface area contributed by atoms with Crippen LogP contribution in [0.15, 0.2) is 12.2 Å². The molecule has 0 aliphatic carbocycles. The van der Waals surface area contributed by atoms with Gasteiger partial charge in [0.1, 0.15) is 8.07 Å². The molecule has 0 heterocycles. The van der Waals surface area contributed by atoms with Crippen LogP contribution in [0.2, 0.25) is 19.6 Å². The Bertz CT molecular complexity index is 372. The van der Waals surface area contributed by atoms with Gasteiger partial charge in [0, 0.05) is 5.57 Å². The van der Waals surface area contributed by atoms with Crippen LogP contribution in [0.3, 0.4) is 0 Å². The van der Waals surface area contributed by atoms with E-state index < -0.39 is 31.3 Å². The number of carbonyl (C=O) groups excluding carboxylic acids is 2. The summed E-state index contributed by atoms with van der Waals surface area (Å²) in [5, 5.41) is 18.7. The number of aliphatic hydroxyl groups excluding tert-OH is 1. The van der Waals surface area contributed by atoms with Gasteiger partial charge in [-0.1, -0.05) is 39.6 Å². The summed E-state index contributed by atoms with van der Waals surface area (Å²) in [5.41, 5.74) is 0.0660. The highest BCUT2D eigenvalue weighted by molar-refractivity contribution is 6.82. The minimum Gasteiger partial charge on any atom is -0.390 e. The van der Waals surface area contributed by atoms with Crippen LogP contribution in [0, 0.1) is 0 Å². The van der Waals surface area contributed by atoms with Crippen molar-refractivity contribution in [3.8, 4) is 0 Å². The van der Waals surface area contributed by atoms with E-state index in [1.807, 2.05) is 6.92 Å². The Labute approximate surface area is 115 Å². The maximum Gasteiger partial charge on any atom is 0.345 e. The van der Waals surface area contributed by atoms with Gasteiger partial charge in [-0.2, -0.15) is 0 Å². The molecule has 0 spiro atoms. The molecule has 2 unspecified atom stereocenters. The Morgan fingerprint density at radius 2 is 1.84 bits per heavy atom. The van der Waals surface area contributed by atoms with Crippen molar-refractivity contribution >= 4 is 20.0 Å². The van der Waals surface area contributed by atoms with Crippen LogP contribution in [0.1, 0.15) is 26.7 Å². The molecule has 0 amide bonds. The summed E-state index contributed by atoms with van der Waals surface area (Å²) >= 11 is 0. The van der Waals surface area contributed by atoms with Crippen LogP contribution in [0.5, 0.6) is 0 Å². The third kappa shape index (κ3) is 3.99. The van der Waals surface area contributed by atoms with E-state index in [-0.39, 0.29) is 12.0 Å². The Morgan fingerprint density at radius 3 is 2.16 bits per heavy atom. The summed E-state index contributed by atoms with van der Waals surface area (Å²) in [4.78, 5) is 23.5. The smallest absolute Gasteiger partial charge is 0.345 e. The third-order valence-corrected chi connectivity index (χ3v) is 5.86. The van der Waals surface area contributed by atoms with Crippen LogP contribution < -0.4 is 0 Å². The van der Waals surface area contributed by atoms with Crippen molar-refractivity contribution in [2.45, 2.75) is 57.7 Å². The molecule has 19 heavy (non-hydrogen) atoms. The van der Waals surface area contributed by atoms with Gasteiger partial charge in [0.15, 0.2) is 5.22 Å². The molecule has 0 aliphatic rings. The molecule has 0 rings (SSSR count). The number of esters is 2. The summed E-state index contributed by atoms with van der Waals surface area (Å²) in [6.45, 7) is 11.8. The van der Waals surface area contributed by atoms with Crippen molar-refractivity contribution in [1.29, 1.82) is 0 Å². The second-order valence-corrected chi connectivity index (χ2v) is 11.0. The number of hydrogen-bond acceptors (Lipinski definition) is 5. The fraction of sp³-hybridized carbons (Fsp3) is 0.692. The molecule has 0 saturated heterocycles. The van der Waals surface area contributed by atoms with Crippen molar-refractivity contribution in [2.75, 3.05) is 0 Å². The number of ether oxygens (including phenoxy) is 1. The molecule has 0 aliphatic heterocycles. The number of carbonyl (C=O) groups is 2. The third-order valence-electron chi connectivity index (χ3n) is 3.03. The van der Waals surface area contributed by atoms with E-state index in [9.17, 15) is 19.8 Å². The lowest BCUT2D eigenvalue weighted by Gasteiger charge is -2.39. The van der Waals surface area contributed by atoms with Crippen molar-refractivity contribution in [3.05, 3.63) is 12.2 Å². The first-order valence-electron chi connectivity index (χ1n) is 6.31. The lowest BCUT2D eigenvalue weighted by Crippen LogP contribution is -2.65. The molecule has 5 nitrogen and oxygen atoms in total. The lowest BCUT2D eigenvalue weighted by atomic mass is 10.1. The van der Waals surface area contributed by atoms with E-state index in [4.69, 9.17) is 0 Å². The Balaban J connectivity index is 5.33. The fourth-order valence-corrected chi connectivity index (χ4v) is 3.48. The van der Waals surface area contributed by atoms with Crippen LogP contribution in [-0.4, -0.2) is 41.6 Å². The van der Waals surface area contributed by atoms with Gasteiger partial charge in [-0.25, -0.2) is 9.59 Å². The molecule has 0 aromatic heterocycles. The fourth-order valence-electron chi connectivity index (χ4n) is 1.67. The van der Waals surface area contributed by atoms with E-state index in [1.165, 1.54) is 6.92 Å². The number of hydrogen-bond donors (Lipinski definition) is 2. The highest BCUT2D eigenvalue weighted by Gasteiger charge is 2.55. The van der Waals surface area contributed by atoms with Crippen molar-refractivity contribution < 1.29 is 24.5 Å². The Hall–Kier alpha value is -0.983. The molecule has 0 aromatic rings. The molecule has 0 bridgehead atoms. The summed E-state index contributed by atoms with van der Waals surface area (Å²) in [6, 6.07) is 0. The first kappa shape index (κ1) is 18.0. The highest BCUT2D eigenvalue weighted by atomic mass is 28.3. The van der Waals surface area contributed by atoms with E-state index in [2.05, 4.69) is 11.3 Å². The summed E-state index contributed by atoms with van der Waals surface area (Å²) in [6.07, 6.45) is -0.373. The summed E-state index contributed by atoms with van der Waals surface area (Å²) < 4.78 is 4.62. The number of aliphatic hydroxyl groups is 2. The van der Waals surface area contributed by atoms with E-state index in [0.29, 0.717) is 6.42 Å². The zero-order valence-electron chi connectivity index (χ0n) is 12.3. The molecule has 0 aromatic carbocycles. The van der Waals surface area contributed by atoms with Crippen molar-refractivity contribution in [1.82, 2.24) is 0 Å². The maximum absolute atomic E-state index is 12.1. The zero-order valence-corrected chi connectivity index (χ0v) is 13.3. The summed E-state index contributed by atoms with van der Waals surface area (Å²) in [5.74, 6) is -1.97. The van der Waals surface area contributed by atoms with Gasteiger partial charge in [0.2, 0.25) is 0 Å². The van der Waals surface area contributed by atoms with Crippen molar-refractivity contribution in [2.24, 2.45) is 0 Å². The highest BCUT2D eigenvalue weighted by Crippen LogP contribution is 2.29. The molecular weight excluding hydrogens is 264 g/mol. The summed E-state index contributed by atoms with van der Waals surface area (Å²) in [7, 11) is -2.53. The minimum absolute atomic E-state index is 0.0660. The average Bonchev–Trinajstić information content (AvgIpc) is 2.26. The molecule has 0 fully saturated rings. The van der Waals surface area contributed by atoms with Crippen LogP contribution in [0.4, 0.5) is 0 Å². The zero-order chi connectivity index (χ0) is 15.4. The molecule has 0 radical (unpaired) electrons.